The number of aliphatic carboxylic acids is 1. The highest BCUT2D eigenvalue weighted by atomic mass is 16.4. The molecule has 0 atom stereocenters. The van der Waals surface area contributed by atoms with Crippen LogP contribution in [0.25, 0.3) is 6.08 Å². The Morgan fingerprint density at radius 3 is 2.53 bits per heavy atom. The van der Waals surface area contributed by atoms with Gasteiger partial charge in [-0.25, -0.2) is 4.79 Å². The summed E-state index contributed by atoms with van der Waals surface area (Å²) in [7, 11) is 0. The van der Waals surface area contributed by atoms with Crippen molar-refractivity contribution in [3.8, 4) is 0 Å². The average Bonchev–Trinajstić information content (AvgIpc) is 3.21. The van der Waals surface area contributed by atoms with E-state index in [0.29, 0.717) is 12.6 Å². The van der Waals surface area contributed by atoms with Crippen molar-refractivity contribution in [2.75, 3.05) is 13.2 Å². The molecule has 0 spiro atoms. The monoisotopic (exact) mass is 261 g/mol. The van der Waals surface area contributed by atoms with Gasteiger partial charge in [0.15, 0.2) is 0 Å². The van der Waals surface area contributed by atoms with Crippen LogP contribution in [0.5, 0.6) is 0 Å². The Morgan fingerprint density at radius 1 is 1.32 bits per heavy atom. The van der Waals surface area contributed by atoms with Crippen LogP contribution >= 0.6 is 0 Å². The maximum Gasteiger partial charge on any atom is 0.328 e. The molecule has 0 aliphatic heterocycles. The Kier molecular flexibility index (Phi) is 4.71. The van der Waals surface area contributed by atoms with Gasteiger partial charge >= 0.3 is 5.97 Å². The molecule has 2 rings (SSSR count). The zero-order valence-electron chi connectivity index (χ0n) is 10.8. The lowest BCUT2D eigenvalue weighted by Gasteiger charge is -2.20. The second-order valence-electron chi connectivity index (χ2n) is 4.84. The van der Waals surface area contributed by atoms with Crippen molar-refractivity contribution in [3.63, 3.8) is 0 Å². The van der Waals surface area contributed by atoms with E-state index in [4.69, 9.17) is 10.2 Å². The zero-order valence-corrected chi connectivity index (χ0v) is 10.8. The summed E-state index contributed by atoms with van der Waals surface area (Å²) in [6.07, 6.45) is 5.16. The van der Waals surface area contributed by atoms with Crippen LogP contribution < -0.4 is 0 Å². The first-order valence-corrected chi connectivity index (χ1v) is 6.54. The lowest BCUT2D eigenvalue weighted by Crippen LogP contribution is -2.28. The molecule has 1 saturated carbocycles. The lowest BCUT2D eigenvalue weighted by molar-refractivity contribution is -0.131. The standard InChI is InChI=1S/C15H19NO3/c17-10-9-16(14-6-7-14)11-13-3-1-12(2-4-13)5-8-15(18)19/h1-5,8,14,17H,6-7,9-11H2,(H,18,19). The Bertz CT molecular complexity index is 449. The van der Waals surface area contributed by atoms with Gasteiger partial charge in [-0.3, -0.25) is 4.90 Å². The van der Waals surface area contributed by atoms with E-state index in [1.165, 1.54) is 18.4 Å². The number of carbonyl (C=O) groups is 1. The van der Waals surface area contributed by atoms with Crippen LogP contribution in [-0.2, 0) is 11.3 Å². The second kappa shape index (κ2) is 6.50. The molecule has 1 aliphatic carbocycles. The predicted octanol–water partition coefficient (Wildman–Crippen LogP) is 1.74. The van der Waals surface area contributed by atoms with Crippen molar-refractivity contribution in [2.24, 2.45) is 0 Å². The van der Waals surface area contributed by atoms with E-state index >= 15 is 0 Å². The highest BCUT2D eigenvalue weighted by molar-refractivity contribution is 5.85. The van der Waals surface area contributed by atoms with Crippen LogP contribution in [-0.4, -0.2) is 40.3 Å². The summed E-state index contributed by atoms with van der Waals surface area (Å²) in [5.74, 6) is -0.938. The summed E-state index contributed by atoms with van der Waals surface area (Å²) in [6, 6.07) is 8.47. The molecule has 0 unspecified atom stereocenters. The second-order valence-corrected chi connectivity index (χ2v) is 4.84. The number of aliphatic hydroxyl groups is 1. The average molecular weight is 261 g/mol. The zero-order chi connectivity index (χ0) is 13.7. The van der Waals surface area contributed by atoms with Gasteiger partial charge in [0.25, 0.3) is 0 Å². The fourth-order valence-electron chi connectivity index (χ4n) is 2.10. The van der Waals surface area contributed by atoms with E-state index in [-0.39, 0.29) is 6.61 Å². The van der Waals surface area contributed by atoms with E-state index < -0.39 is 5.97 Å². The number of nitrogens with zero attached hydrogens (tertiary/aromatic N) is 1. The van der Waals surface area contributed by atoms with Crippen LogP contribution in [0.4, 0.5) is 0 Å². The third-order valence-corrected chi connectivity index (χ3v) is 3.23. The first-order valence-electron chi connectivity index (χ1n) is 6.54. The van der Waals surface area contributed by atoms with Crippen molar-refractivity contribution in [2.45, 2.75) is 25.4 Å². The first-order chi connectivity index (χ1) is 9.19. The van der Waals surface area contributed by atoms with Crippen molar-refractivity contribution in [1.82, 2.24) is 4.90 Å². The SMILES string of the molecule is O=C(O)C=Cc1ccc(CN(CCO)C2CC2)cc1. The molecule has 0 amide bonds. The molecule has 0 aromatic heterocycles. The normalized spacial score (nSPS) is 15.3. The Labute approximate surface area is 113 Å². The molecule has 2 N–H and O–H groups in total. The van der Waals surface area contributed by atoms with E-state index in [9.17, 15) is 4.79 Å². The van der Waals surface area contributed by atoms with Crippen molar-refractivity contribution in [3.05, 3.63) is 41.5 Å². The fourth-order valence-corrected chi connectivity index (χ4v) is 2.10. The van der Waals surface area contributed by atoms with Gasteiger partial charge in [0.1, 0.15) is 0 Å². The summed E-state index contributed by atoms with van der Waals surface area (Å²) in [6.45, 7) is 1.75. The number of hydrogen-bond donors (Lipinski definition) is 2. The molecule has 0 saturated heterocycles. The largest absolute Gasteiger partial charge is 0.478 e. The Balaban J connectivity index is 1.95. The molecule has 4 heteroatoms. The van der Waals surface area contributed by atoms with E-state index in [1.54, 1.807) is 6.08 Å². The van der Waals surface area contributed by atoms with Gasteiger partial charge in [0.2, 0.25) is 0 Å². The van der Waals surface area contributed by atoms with Gasteiger partial charge in [-0.05, 0) is 30.0 Å². The molecule has 1 aliphatic rings. The maximum absolute atomic E-state index is 10.4. The number of hydrogen-bond acceptors (Lipinski definition) is 3. The van der Waals surface area contributed by atoms with Crippen molar-refractivity contribution < 1.29 is 15.0 Å². The lowest BCUT2D eigenvalue weighted by atomic mass is 10.1. The minimum Gasteiger partial charge on any atom is -0.478 e. The highest BCUT2D eigenvalue weighted by Crippen LogP contribution is 2.27. The molecule has 0 heterocycles. The number of aliphatic hydroxyl groups excluding tert-OH is 1. The number of carboxylic acids is 1. The van der Waals surface area contributed by atoms with E-state index in [2.05, 4.69) is 4.90 Å². The van der Waals surface area contributed by atoms with Crippen LogP contribution in [0.1, 0.15) is 24.0 Å². The van der Waals surface area contributed by atoms with Gasteiger partial charge in [0, 0.05) is 25.2 Å². The Morgan fingerprint density at radius 2 is 2.00 bits per heavy atom. The number of rotatable bonds is 7. The summed E-state index contributed by atoms with van der Waals surface area (Å²) >= 11 is 0. The summed E-state index contributed by atoms with van der Waals surface area (Å²) in [5, 5.41) is 17.6. The van der Waals surface area contributed by atoms with Gasteiger partial charge in [-0.15, -0.1) is 0 Å². The minimum absolute atomic E-state index is 0.190. The molecular formula is C15H19NO3. The van der Waals surface area contributed by atoms with Gasteiger partial charge < -0.3 is 10.2 Å². The first kappa shape index (κ1) is 13.8. The third kappa shape index (κ3) is 4.50. The molecule has 0 bridgehead atoms. The molecule has 1 fully saturated rings. The highest BCUT2D eigenvalue weighted by Gasteiger charge is 2.28. The van der Waals surface area contributed by atoms with Crippen LogP contribution in [0.2, 0.25) is 0 Å². The predicted molar refractivity (Wildman–Crippen MR) is 73.6 cm³/mol. The molecule has 102 valence electrons. The molecule has 1 aromatic rings. The van der Waals surface area contributed by atoms with E-state index in [1.807, 2.05) is 24.3 Å². The van der Waals surface area contributed by atoms with Gasteiger partial charge in [-0.1, -0.05) is 24.3 Å². The van der Waals surface area contributed by atoms with Gasteiger partial charge in [0.05, 0.1) is 6.61 Å². The molecule has 0 radical (unpaired) electrons. The maximum atomic E-state index is 10.4. The minimum atomic E-state index is -0.938. The molecule has 4 nitrogen and oxygen atoms in total. The summed E-state index contributed by atoms with van der Waals surface area (Å²) < 4.78 is 0. The number of benzene rings is 1. The summed E-state index contributed by atoms with van der Waals surface area (Å²) in [4.78, 5) is 12.7. The van der Waals surface area contributed by atoms with Gasteiger partial charge in [-0.2, -0.15) is 0 Å². The van der Waals surface area contributed by atoms with E-state index in [0.717, 1.165) is 18.2 Å². The van der Waals surface area contributed by atoms with Crippen LogP contribution in [0.3, 0.4) is 0 Å². The topological polar surface area (TPSA) is 60.8 Å². The van der Waals surface area contributed by atoms with Crippen molar-refractivity contribution in [1.29, 1.82) is 0 Å². The van der Waals surface area contributed by atoms with Crippen LogP contribution in [0, 0.1) is 0 Å². The molecular weight excluding hydrogens is 242 g/mol. The Hall–Kier alpha value is -1.65. The number of carboxylic acid groups (broad SMARTS) is 1. The van der Waals surface area contributed by atoms with Crippen molar-refractivity contribution >= 4 is 12.0 Å². The molecule has 1 aromatic carbocycles. The van der Waals surface area contributed by atoms with Crippen LogP contribution in [0.15, 0.2) is 30.3 Å². The smallest absolute Gasteiger partial charge is 0.328 e. The summed E-state index contributed by atoms with van der Waals surface area (Å²) in [5.41, 5.74) is 2.07. The quantitative estimate of drug-likeness (QED) is 0.734. The third-order valence-electron chi connectivity index (χ3n) is 3.23. The fraction of sp³-hybridized carbons (Fsp3) is 0.400. The molecule has 19 heavy (non-hydrogen) atoms.